The molecule has 0 aromatic rings. The third-order valence-electron chi connectivity index (χ3n) is 3.55. The number of likely N-dealkylation sites (N-methyl/N-ethyl adjacent to an activating group) is 1. The molecule has 0 aliphatic carbocycles. The zero-order valence-electron chi connectivity index (χ0n) is 13.4. The van der Waals surface area contributed by atoms with Crippen molar-refractivity contribution in [2.75, 3.05) is 39.3 Å². The van der Waals surface area contributed by atoms with E-state index in [1.807, 2.05) is 0 Å². The van der Waals surface area contributed by atoms with Gasteiger partial charge in [-0.05, 0) is 19.1 Å². The molecule has 1 rings (SSSR count). The van der Waals surface area contributed by atoms with Gasteiger partial charge in [-0.1, -0.05) is 0 Å². The maximum atomic E-state index is 12.4. The van der Waals surface area contributed by atoms with E-state index in [-0.39, 0.29) is 12.2 Å². The maximum Gasteiger partial charge on any atom is 0.406 e. The predicted octanol–water partition coefficient (Wildman–Crippen LogP) is -0.186. The van der Waals surface area contributed by atoms with Crippen LogP contribution in [-0.2, 0) is 9.59 Å². The summed E-state index contributed by atoms with van der Waals surface area (Å²) < 4.78 is 37.2. The fourth-order valence-electron chi connectivity index (χ4n) is 2.16. The summed E-state index contributed by atoms with van der Waals surface area (Å²) in [6, 6.07) is 0. The summed E-state index contributed by atoms with van der Waals surface area (Å²) in [5.41, 5.74) is 11.1. The number of halogens is 3. The van der Waals surface area contributed by atoms with Crippen LogP contribution in [-0.4, -0.2) is 72.5 Å². The highest BCUT2D eigenvalue weighted by Crippen LogP contribution is 2.17. The summed E-state index contributed by atoms with van der Waals surface area (Å²) in [5.74, 6) is -0.570. The summed E-state index contributed by atoms with van der Waals surface area (Å²) in [5, 5.41) is 0. The lowest BCUT2D eigenvalue weighted by atomic mass is 10.3. The molecule has 0 saturated carbocycles. The highest BCUT2D eigenvalue weighted by molar-refractivity contribution is 5.92. The molecule has 0 bridgehead atoms. The average Bonchev–Trinajstić information content (AvgIpc) is 2.55. The van der Waals surface area contributed by atoms with E-state index < -0.39 is 18.6 Å². The summed E-state index contributed by atoms with van der Waals surface area (Å²) in [7, 11) is 0. The molecule has 24 heavy (non-hydrogen) atoms. The van der Waals surface area contributed by atoms with Gasteiger partial charge in [-0.2, -0.15) is 13.2 Å². The van der Waals surface area contributed by atoms with E-state index in [1.165, 1.54) is 19.1 Å². The van der Waals surface area contributed by atoms with E-state index in [0.29, 0.717) is 36.9 Å². The van der Waals surface area contributed by atoms with E-state index in [0.717, 1.165) is 6.41 Å². The van der Waals surface area contributed by atoms with Gasteiger partial charge < -0.3 is 26.2 Å². The summed E-state index contributed by atoms with van der Waals surface area (Å²) >= 11 is 0. The molecular formula is C14H22F3N5O2. The minimum atomic E-state index is -4.49. The van der Waals surface area contributed by atoms with Gasteiger partial charge in [0.15, 0.2) is 0 Å². The van der Waals surface area contributed by atoms with Crippen molar-refractivity contribution in [1.82, 2.24) is 14.7 Å². The van der Waals surface area contributed by atoms with E-state index in [9.17, 15) is 22.8 Å². The zero-order chi connectivity index (χ0) is 18.3. The highest BCUT2D eigenvalue weighted by atomic mass is 19.4. The van der Waals surface area contributed by atoms with Crippen molar-refractivity contribution >= 4 is 12.3 Å². The van der Waals surface area contributed by atoms with Crippen molar-refractivity contribution in [2.24, 2.45) is 11.5 Å². The number of piperazine rings is 1. The van der Waals surface area contributed by atoms with Gasteiger partial charge >= 0.3 is 6.18 Å². The Bertz CT molecular complexity index is 511. The third-order valence-corrected chi connectivity index (χ3v) is 3.55. The number of nitrogens with two attached hydrogens (primary N) is 2. The maximum absolute atomic E-state index is 12.4. The number of nitrogens with zero attached hydrogens (tertiary/aromatic N) is 3. The standard InChI is InChI=1S/C14H22F3N5O2/c1-2-21(9-14(15,16)17)13(24)11(18)3-4-12(19)22-7-5-20(10-23)6-8-22/h3-4,10H,2,5-9,18-19H2,1H3/b11-3-,12-4+. The number of carbonyl (C=O) groups excluding carboxylic acids is 2. The molecule has 0 spiro atoms. The van der Waals surface area contributed by atoms with Crippen LogP contribution >= 0.6 is 0 Å². The Kier molecular flexibility index (Phi) is 6.93. The molecule has 2 amide bonds. The van der Waals surface area contributed by atoms with Gasteiger partial charge in [0.25, 0.3) is 5.91 Å². The molecule has 0 aromatic carbocycles. The van der Waals surface area contributed by atoms with Gasteiger partial charge in [-0.15, -0.1) is 0 Å². The highest BCUT2D eigenvalue weighted by Gasteiger charge is 2.32. The van der Waals surface area contributed by atoms with E-state index in [1.54, 1.807) is 9.80 Å². The predicted molar refractivity (Wildman–Crippen MR) is 82.1 cm³/mol. The van der Waals surface area contributed by atoms with Crippen molar-refractivity contribution in [2.45, 2.75) is 13.1 Å². The fraction of sp³-hybridized carbons (Fsp3) is 0.571. The normalized spacial score (nSPS) is 17.0. The van der Waals surface area contributed by atoms with Gasteiger partial charge in [0.05, 0.1) is 11.5 Å². The lowest BCUT2D eigenvalue weighted by Crippen LogP contribution is -2.46. The van der Waals surface area contributed by atoms with E-state index in [2.05, 4.69) is 0 Å². The zero-order valence-corrected chi connectivity index (χ0v) is 13.4. The molecule has 10 heteroatoms. The summed E-state index contributed by atoms with van der Waals surface area (Å²) in [6.07, 6.45) is -1.15. The molecule has 136 valence electrons. The van der Waals surface area contributed by atoms with Crippen LogP contribution in [0.25, 0.3) is 0 Å². The summed E-state index contributed by atoms with van der Waals surface area (Å²) in [6.45, 7) is 2.06. The first-order chi connectivity index (χ1) is 11.2. The quantitative estimate of drug-likeness (QED) is 0.394. The number of hydrogen-bond donors (Lipinski definition) is 2. The molecule has 0 unspecified atom stereocenters. The van der Waals surface area contributed by atoms with Crippen LogP contribution in [0.4, 0.5) is 13.2 Å². The minimum Gasteiger partial charge on any atom is -0.394 e. The number of alkyl halides is 3. The molecule has 1 fully saturated rings. The molecule has 1 saturated heterocycles. The Morgan fingerprint density at radius 3 is 2.21 bits per heavy atom. The van der Waals surface area contributed by atoms with Gasteiger partial charge in [0, 0.05) is 32.7 Å². The largest absolute Gasteiger partial charge is 0.406 e. The van der Waals surface area contributed by atoms with Crippen LogP contribution < -0.4 is 11.5 Å². The van der Waals surface area contributed by atoms with Crippen molar-refractivity contribution in [3.63, 3.8) is 0 Å². The second-order valence-electron chi connectivity index (χ2n) is 5.28. The van der Waals surface area contributed by atoms with Crippen molar-refractivity contribution in [1.29, 1.82) is 0 Å². The molecule has 1 aliphatic rings. The number of rotatable bonds is 6. The second kappa shape index (κ2) is 8.46. The van der Waals surface area contributed by atoms with Crippen molar-refractivity contribution in [3.8, 4) is 0 Å². The first kappa shape index (κ1) is 19.7. The van der Waals surface area contributed by atoms with Crippen LogP contribution in [0.5, 0.6) is 0 Å². The van der Waals surface area contributed by atoms with Gasteiger partial charge in [0.1, 0.15) is 6.54 Å². The number of amides is 2. The van der Waals surface area contributed by atoms with Gasteiger partial charge in [-0.25, -0.2) is 0 Å². The van der Waals surface area contributed by atoms with Crippen LogP contribution in [0.1, 0.15) is 6.92 Å². The minimum absolute atomic E-state index is 0.111. The molecule has 7 nitrogen and oxygen atoms in total. The lowest BCUT2D eigenvalue weighted by molar-refractivity contribution is -0.158. The third kappa shape index (κ3) is 6.01. The Labute approximate surface area is 138 Å². The molecule has 1 aliphatic heterocycles. The lowest BCUT2D eigenvalue weighted by Gasteiger charge is -2.34. The van der Waals surface area contributed by atoms with Crippen LogP contribution in [0.3, 0.4) is 0 Å². The van der Waals surface area contributed by atoms with Crippen molar-refractivity contribution < 1.29 is 22.8 Å². The monoisotopic (exact) mass is 349 g/mol. The topological polar surface area (TPSA) is 95.9 Å². The Balaban J connectivity index is 2.69. The molecule has 4 N–H and O–H groups in total. The molecule has 0 atom stereocenters. The van der Waals surface area contributed by atoms with Crippen LogP contribution in [0.15, 0.2) is 23.7 Å². The molecule has 1 heterocycles. The smallest absolute Gasteiger partial charge is 0.394 e. The van der Waals surface area contributed by atoms with Crippen molar-refractivity contribution in [3.05, 3.63) is 23.7 Å². The second-order valence-corrected chi connectivity index (χ2v) is 5.28. The first-order valence-electron chi connectivity index (χ1n) is 7.41. The fourth-order valence-corrected chi connectivity index (χ4v) is 2.16. The number of carbonyl (C=O) groups is 2. The molecule has 0 radical (unpaired) electrons. The molecular weight excluding hydrogens is 327 g/mol. The van der Waals surface area contributed by atoms with E-state index >= 15 is 0 Å². The Morgan fingerprint density at radius 1 is 1.17 bits per heavy atom. The summed E-state index contributed by atoms with van der Waals surface area (Å²) in [4.78, 5) is 26.6. The van der Waals surface area contributed by atoms with Gasteiger partial charge in [-0.3, -0.25) is 9.59 Å². The molecule has 0 aromatic heterocycles. The Hall–Kier alpha value is -2.39. The SMILES string of the molecule is CCN(CC(F)(F)F)C(=O)/C(N)=C/C=C(\N)N1CCN(C=O)CC1. The van der Waals surface area contributed by atoms with Crippen LogP contribution in [0.2, 0.25) is 0 Å². The number of allylic oxidation sites excluding steroid dienone is 2. The van der Waals surface area contributed by atoms with Crippen LogP contribution in [0, 0.1) is 0 Å². The first-order valence-corrected chi connectivity index (χ1v) is 7.41. The average molecular weight is 349 g/mol. The number of hydrogen-bond acceptors (Lipinski definition) is 5. The Morgan fingerprint density at radius 2 is 1.75 bits per heavy atom. The van der Waals surface area contributed by atoms with Gasteiger partial charge in [0.2, 0.25) is 6.41 Å². The van der Waals surface area contributed by atoms with E-state index in [4.69, 9.17) is 11.5 Å².